The van der Waals surface area contributed by atoms with Gasteiger partial charge in [-0.05, 0) is 0 Å². The van der Waals surface area contributed by atoms with Crippen molar-refractivity contribution >= 4 is 6.48 Å². The number of hydrogen-bond acceptors (Lipinski definition) is 0. The SMILES string of the molecule is CC(C)(C)c1ccc2c(c1)Cc1c-2ccc(C(C)(C)C)[c]1/[Zr+2]([C]1=CC=CC1)=[C](\Cc1ccccc1)CC1CCCCC1.[Cl-].[Cl-]. The van der Waals surface area contributed by atoms with Crippen LogP contribution in [0.25, 0.3) is 11.1 Å². The topological polar surface area (TPSA) is 0 Å². The van der Waals surface area contributed by atoms with Crippen molar-refractivity contribution in [3.8, 4) is 11.1 Å². The summed E-state index contributed by atoms with van der Waals surface area (Å²) in [6, 6.07) is 23.8. The van der Waals surface area contributed by atoms with Gasteiger partial charge in [-0.3, -0.25) is 0 Å². The summed E-state index contributed by atoms with van der Waals surface area (Å²) in [5.41, 5.74) is 11.1. The molecule has 0 atom stereocenters. The predicted octanol–water partition coefficient (Wildman–Crippen LogP) is 4.33. The summed E-state index contributed by atoms with van der Waals surface area (Å²) in [6.45, 7) is 14.4. The van der Waals surface area contributed by atoms with Crippen LogP contribution in [0.15, 0.2) is 82.2 Å². The largest absolute Gasteiger partial charge is 1.00 e. The average molecular weight is 705 g/mol. The third kappa shape index (κ3) is 7.54. The van der Waals surface area contributed by atoms with Gasteiger partial charge in [0.15, 0.2) is 0 Å². The molecule has 0 aromatic heterocycles. The second-order valence-electron chi connectivity index (χ2n) is 15.2. The van der Waals surface area contributed by atoms with E-state index in [9.17, 15) is 0 Å². The molecule has 1 fully saturated rings. The predicted molar refractivity (Wildman–Crippen MR) is 180 cm³/mol. The zero-order valence-electron chi connectivity index (χ0n) is 27.7. The van der Waals surface area contributed by atoms with E-state index in [0.717, 1.165) is 25.2 Å². The van der Waals surface area contributed by atoms with Crippen LogP contribution in [0, 0.1) is 5.92 Å². The molecule has 6 rings (SSSR count). The smallest absolute Gasteiger partial charge is 1.00 e. The summed E-state index contributed by atoms with van der Waals surface area (Å²) in [5, 5.41) is 0. The van der Waals surface area contributed by atoms with Gasteiger partial charge in [-0.25, -0.2) is 0 Å². The van der Waals surface area contributed by atoms with Crippen LogP contribution in [0.1, 0.15) is 114 Å². The molecule has 232 valence electrons. The van der Waals surface area contributed by atoms with E-state index in [2.05, 4.69) is 120 Å². The summed E-state index contributed by atoms with van der Waals surface area (Å²) < 4.78 is 5.56. The third-order valence-corrected chi connectivity index (χ3v) is 17.8. The Morgan fingerprint density at radius 3 is 2.14 bits per heavy atom. The molecule has 0 radical (unpaired) electrons. The first-order valence-electron chi connectivity index (χ1n) is 16.5. The van der Waals surface area contributed by atoms with Crippen molar-refractivity contribution < 1.29 is 46.1 Å². The summed E-state index contributed by atoms with van der Waals surface area (Å²) >= 11 is -2.48. The Labute approximate surface area is 287 Å². The molecule has 3 heteroatoms. The molecule has 1 saturated carbocycles. The van der Waals surface area contributed by atoms with Gasteiger partial charge in [-0.15, -0.1) is 0 Å². The van der Waals surface area contributed by atoms with E-state index < -0.39 is 21.3 Å². The Morgan fingerprint density at radius 2 is 1.50 bits per heavy atom. The van der Waals surface area contributed by atoms with Gasteiger partial charge >= 0.3 is 265 Å². The van der Waals surface area contributed by atoms with Gasteiger partial charge in [0.2, 0.25) is 0 Å². The maximum Gasteiger partial charge on any atom is -1.00 e. The maximum atomic E-state index is 2.55. The van der Waals surface area contributed by atoms with Crippen molar-refractivity contribution in [2.45, 2.75) is 110 Å². The molecule has 3 aliphatic carbocycles. The van der Waals surface area contributed by atoms with Crippen LogP contribution in [0.3, 0.4) is 0 Å². The second kappa shape index (κ2) is 14.5. The Balaban J connectivity index is 0.00000221. The van der Waals surface area contributed by atoms with Crippen LogP contribution >= 0.6 is 0 Å². The van der Waals surface area contributed by atoms with Crippen molar-refractivity contribution in [2.24, 2.45) is 5.92 Å². The van der Waals surface area contributed by atoms with Crippen LogP contribution in [0.4, 0.5) is 0 Å². The Bertz CT molecular complexity index is 1550. The molecule has 0 amide bonds. The Morgan fingerprint density at radius 1 is 0.795 bits per heavy atom. The molecule has 3 aromatic carbocycles. The van der Waals surface area contributed by atoms with Crippen molar-refractivity contribution in [2.75, 3.05) is 0 Å². The van der Waals surface area contributed by atoms with Crippen molar-refractivity contribution in [1.29, 1.82) is 0 Å². The first-order valence-corrected chi connectivity index (χ1v) is 20.2. The van der Waals surface area contributed by atoms with Crippen molar-refractivity contribution in [1.82, 2.24) is 0 Å². The molecule has 3 aromatic rings. The molecule has 44 heavy (non-hydrogen) atoms. The summed E-state index contributed by atoms with van der Waals surface area (Å²) in [4.78, 5) is 0. The van der Waals surface area contributed by atoms with E-state index in [1.807, 2.05) is 6.48 Å². The van der Waals surface area contributed by atoms with E-state index >= 15 is 0 Å². The zero-order valence-corrected chi connectivity index (χ0v) is 31.7. The first-order chi connectivity index (χ1) is 20.1. The summed E-state index contributed by atoms with van der Waals surface area (Å²) in [6.07, 6.45) is 19.2. The normalized spacial score (nSPS) is 16.4. The van der Waals surface area contributed by atoms with E-state index in [1.165, 1.54) is 60.8 Å². The third-order valence-electron chi connectivity index (χ3n) is 9.97. The van der Waals surface area contributed by atoms with Gasteiger partial charge in [-0.2, -0.15) is 0 Å². The van der Waals surface area contributed by atoms with Gasteiger partial charge in [0, 0.05) is 0 Å². The van der Waals surface area contributed by atoms with Crippen LogP contribution in [0.2, 0.25) is 0 Å². The minimum absolute atomic E-state index is 0. The zero-order chi connectivity index (χ0) is 29.5. The Kier molecular flexibility index (Phi) is 11.6. The fourth-order valence-electron chi connectivity index (χ4n) is 7.70. The quantitative estimate of drug-likeness (QED) is 0.281. The molecular formula is C41H50Cl2Zr. The van der Waals surface area contributed by atoms with E-state index in [-0.39, 0.29) is 35.6 Å². The number of fused-ring (bicyclic) bond motifs is 3. The second-order valence-corrected chi connectivity index (χ2v) is 21.6. The molecule has 0 aliphatic heterocycles. The van der Waals surface area contributed by atoms with Gasteiger partial charge < -0.3 is 24.8 Å². The van der Waals surface area contributed by atoms with Gasteiger partial charge in [0.05, 0.1) is 0 Å². The fraction of sp³-hybridized carbons (Fsp3) is 0.439. The Hall–Kier alpha value is -1.53. The van der Waals surface area contributed by atoms with Gasteiger partial charge in [-0.1, -0.05) is 0 Å². The fourth-order valence-corrected chi connectivity index (χ4v) is 17.1. The number of halogens is 2. The van der Waals surface area contributed by atoms with E-state index in [0.29, 0.717) is 0 Å². The number of allylic oxidation sites excluding steroid dienone is 4. The number of hydrogen-bond donors (Lipinski definition) is 0. The molecule has 0 bridgehead atoms. The first kappa shape index (κ1) is 35.3. The summed E-state index contributed by atoms with van der Waals surface area (Å²) in [5.74, 6) is 0.865. The molecule has 0 spiro atoms. The van der Waals surface area contributed by atoms with Crippen molar-refractivity contribution in [3.05, 3.63) is 110 Å². The molecular weight excluding hydrogens is 655 g/mol. The number of benzene rings is 3. The summed E-state index contributed by atoms with van der Waals surface area (Å²) in [7, 11) is 0. The van der Waals surface area contributed by atoms with Crippen LogP contribution < -0.4 is 28.1 Å². The average Bonchev–Trinajstić information content (AvgIpc) is 3.61. The van der Waals surface area contributed by atoms with Crippen LogP contribution in [-0.2, 0) is 44.9 Å². The minimum Gasteiger partial charge on any atom is -1.00 e. The molecule has 0 unspecified atom stereocenters. The minimum atomic E-state index is -2.48. The van der Waals surface area contributed by atoms with E-state index in [1.54, 1.807) is 20.0 Å². The molecule has 3 aliphatic rings. The van der Waals surface area contributed by atoms with Crippen LogP contribution in [0.5, 0.6) is 0 Å². The standard InChI is InChI=1S/C21H25.C15H20.C5H5.2ClH.Zr/c1-20(2,3)16-7-9-18-14(12-16)11-15-13-17(21(4,5)6)8-10-19(15)18;1-3-8-14(9-4-1)12-7-13-15-10-5-2-6-11-15;1-2-4-5-3-1;;;/h7-10,12H,11H2,1-6H3;1,3-4,8-9,15H,2,5-6,10-13H2;1-3H,4H2;2*1H;/q;;;;;+2/p-2. The van der Waals surface area contributed by atoms with Crippen molar-refractivity contribution in [3.63, 3.8) is 0 Å². The molecule has 0 saturated heterocycles. The maximum absolute atomic E-state index is 2.55. The van der Waals surface area contributed by atoms with Gasteiger partial charge in [0.1, 0.15) is 0 Å². The molecule has 0 nitrogen and oxygen atoms in total. The monoisotopic (exact) mass is 702 g/mol. The molecule has 0 heterocycles. The number of rotatable bonds is 6. The van der Waals surface area contributed by atoms with Gasteiger partial charge in [0.25, 0.3) is 0 Å². The molecule has 0 N–H and O–H groups in total. The van der Waals surface area contributed by atoms with E-state index in [4.69, 9.17) is 0 Å². The van der Waals surface area contributed by atoms with Crippen LogP contribution in [-0.4, -0.2) is 3.21 Å².